The Balaban J connectivity index is 1.38. The monoisotopic (exact) mass is 429 g/mol. The van der Waals surface area contributed by atoms with Gasteiger partial charge in [-0.1, -0.05) is 57.2 Å². The van der Waals surface area contributed by atoms with Crippen LogP contribution in [0.2, 0.25) is 0 Å². The highest BCUT2D eigenvalue weighted by atomic mass is 32.2. The maximum atomic E-state index is 13.7. The Morgan fingerprint density at radius 3 is 2.50 bits per heavy atom. The number of hydrogen-bond donors (Lipinski definition) is 1. The molecule has 2 bridgehead atoms. The van der Waals surface area contributed by atoms with Gasteiger partial charge in [-0.2, -0.15) is 0 Å². The lowest BCUT2D eigenvalue weighted by atomic mass is 9.63. The Kier molecular flexibility index (Phi) is 4.44. The van der Waals surface area contributed by atoms with Crippen LogP contribution in [0.3, 0.4) is 0 Å². The summed E-state index contributed by atoms with van der Waals surface area (Å²) in [5.41, 5.74) is 1.05. The minimum atomic E-state index is -3.44. The minimum Gasteiger partial charge on any atom is -0.389 e. The molecule has 1 aromatic rings. The third-order valence-electron chi connectivity index (χ3n) is 9.75. The molecule has 3 atom stereocenters. The highest BCUT2D eigenvalue weighted by molar-refractivity contribution is 7.89. The predicted octanol–water partition coefficient (Wildman–Crippen LogP) is 4.34. The fourth-order valence-electron chi connectivity index (χ4n) is 7.60. The topological polar surface area (TPSA) is 57.6 Å². The van der Waals surface area contributed by atoms with Crippen LogP contribution in [-0.2, 0) is 15.4 Å². The zero-order chi connectivity index (χ0) is 21.4. The fraction of sp³-hybridized carbons (Fsp3) is 0.680. The van der Waals surface area contributed by atoms with Crippen LogP contribution in [0.5, 0.6) is 0 Å². The first kappa shape index (κ1) is 20.7. The summed E-state index contributed by atoms with van der Waals surface area (Å²) in [7, 11) is -3.44. The van der Waals surface area contributed by atoms with E-state index in [1.54, 1.807) is 4.31 Å². The van der Waals surface area contributed by atoms with E-state index >= 15 is 0 Å². The van der Waals surface area contributed by atoms with Crippen LogP contribution in [0.15, 0.2) is 30.3 Å². The number of hydrogen-bond acceptors (Lipinski definition) is 3. The van der Waals surface area contributed by atoms with E-state index in [4.69, 9.17) is 0 Å². The van der Waals surface area contributed by atoms with Gasteiger partial charge in [-0.15, -0.1) is 0 Å². The van der Waals surface area contributed by atoms with Gasteiger partial charge in [-0.25, -0.2) is 12.7 Å². The Hall–Kier alpha value is -1.17. The second-order valence-corrected chi connectivity index (χ2v) is 12.8. The van der Waals surface area contributed by atoms with Crippen molar-refractivity contribution >= 4 is 16.1 Å². The van der Waals surface area contributed by atoms with E-state index in [0.717, 1.165) is 32.1 Å². The number of fused-ring (bicyclic) bond motifs is 4. The summed E-state index contributed by atoms with van der Waals surface area (Å²) < 4.78 is 29.0. The molecular formula is C25H35NO3S. The summed E-state index contributed by atoms with van der Waals surface area (Å²) in [5, 5.41) is 11.5. The van der Waals surface area contributed by atoms with Crippen molar-refractivity contribution in [3.8, 4) is 0 Å². The Labute approximate surface area is 181 Å². The quantitative estimate of drug-likeness (QED) is 0.774. The average Bonchev–Trinajstić information content (AvgIpc) is 3.24. The number of aliphatic hydroxyl groups is 1. The van der Waals surface area contributed by atoms with Crippen molar-refractivity contribution in [3.63, 3.8) is 0 Å². The minimum absolute atomic E-state index is 0.0177. The maximum absolute atomic E-state index is 13.7. The van der Waals surface area contributed by atoms with Crippen LogP contribution in [0.4, 0.5) is 0 Å². The average molecular weight is 430 g/mol. The van der Waals surface area contributed by atoms with Crippen LogP contribution in [0.25, 0.3) is 6.08 Å². The summed E-state index contributed by atoms with van der Waals surface area (Å²) in [4.78, 5) is 0. The molecule has 1 N–H and O–H groups in total. The molecule has 30 heavy (non-hydrogen) atoms. The molecular weight excluding hydrogens is 394 g/mol. The van der Waals surface area contributed by atoms with E-state index in [-0.39, 0.29) is 16.6 Å². The van der Waals surface area contributed by atoms with Gasteiger partial charge in [0.05, 0.1) is 11.4 Å². The predicted molar refractivity (Wildman–Crippen MR) is 121 cm³/mol. The largest absolute Gasteiger partial charge is 0.389 e. The van der Waals surface area contributed by atoms with Crippen molar-refractivity contribution in [1.82, 2.24) is 4.31 Å². The fourth-order valence-corrected chi connectivity index (χ4v) is 9.93. The maximum Gasteiger partial charge on any atom is 0.214 e. The first-order chi connectivity index (χ1) is 14.1. The summed E-state index contributed by atoms with van der Waals surface area (Å²) >= 11 is 0. The number of piperidine rings is 1. The molecule has 1 heterocycles. The van der Waals surface area contributed by atoms with Gasteiger partial charge in [-0.3, -0.25) is 0 Å². The Morgan fingerprint density at radius 1 is 1.13 bits per heavy atom. The lowest BCUT2D eigenvalue weighted by Gasteiger charge is -2.48. The van der Waals surface area contributed by atoms with E-state index < -0.39 is 21.0 Å². The number of benzene rings is 1. The summed E-state index contributed by atoms with van der Waals surface area (Å²) in [6, 6.07) is 8.49. The molecule has 5 heteroatoms. The molecule has 1 saturated heterocycles. The number of sulfonamides is 1. The molecule has 3 aliphatic carbocycles. The van der Waals surface area contributed by atoms with Crippen molar-refractivity contribution in [2.45, 2.75) is 70.3 Å². The number of nitrogens with zero attached hydrogens (tertiary/aromatic N) is 1. The van der Waals surface area contributed by atoms with Crippen LogP contribution < -0.4 is 0 Å². The lowest BCUT2D eigenvalue weighted by Crippen LogP contribution is -2.56. The van der Waals surface area contributed by atoms with Crippen LogP contribution in [0.1, 0.15) is 70.4 Å². The van der Waals surface area contributed by atoms with E-state index in [9.17, 15) is 13.5 Å². The molecule has 1 aromatic carbocycles. The molecule has 0 aromatic heterocycles. The van der Waals surface area contributed by atoms with E-state index in [0.29, 0.717) is 25.4 Å². The zero-order valence-corrected chi connectivity index (χ0v) is 19.3. The van der Waals surface area contributed by atoms with Crippen molar-refractivity contribution < 1.29 is 13.5 Å². The van der Waals surface area contributed by atoms with Gasteiger partial charge in [0.25, 0.3) is 0 Å². The van der Waals surface area contributed by atoms with Crippen LogP contribution in [0, 0.1) is 16.7 Å². The third-order valence-corrected chi connectivity index (χ3v) is 11.8. The van der Waals surface area contributed by atoms with Crippen LogP contribution in [-0.4, -0.2) is 42.3 Å². The van der Waals surface area contributed by atoms with Crippen molar-refractivity contribution in [1.29, 1.82) is 0 Å². The second kappa shape index (κ2) is 6.43. The van der Waals surface area contributed by atoms with Crippen LogP contribution >= 0.6 is 0 Å². The molecule has 2 saturated carbocycles. The molecule has 1 aliphatic heterocycles. The van der Waals surface area contributed by atoms with Gasteiger partial charge in [-0.05, 0) is 61.0 Å². The molecule has 3 fully saturated rings. The van der Waals surface area contributed by atoms with Gasteiger partial charge in [0.15, 0.2) is 0 Å². The SMILES string of the molecule is CC[C@@]1(O)CC2CC[C@]1(CS(=O)(=O)N1CCC3(C=Cc4ccccc43)CC1)C2(C)C. The Morgan fingerprint density at radius 2 is 1.83 bits per heavy atom. The Bertz CT molecular complexity index is 989. The molecule has 164 valence electrons. The zero-order valence-electron chi connectivity index (χ0n) is 18.5. The highest BCUT2D eigenvalue weighted by Gasteiger charge is 2.71. The van der Waals surface area contributed by atoms with Gasteiger partial charge < -0.3 is 5.11 Å². The summed E-state index contributed by atoms with van der Waals surface area (Å²) in [6.07, 6.45) is 9.38. The number of allylic oxidation sites excluding steroid dienone is 1. The second-order valence-electron chi connectivity index (χ2n) is 10.9. The van der Waals surface area contributed by atoms with Crippen molar-refractivity contribution in [3.05, 3.63) is 41.5 Å². The van der Waals surface area contributed by atoms with Crippen molar-refractivity contribution in [2.75, 3.05) is 18.8 Å². The smallest absolute Gasteiger partial charge is 0.214 e. The van der Waals surface area contributed by atoms with Gasteiger partial charge >= 0.3 is 0 Å². The van der Waals surface area contributed by atoms with E-state index in [1.807, 2.05) is 6.92 Å². The highest BCUT2D eigenvalue weighted by Crippen LogP contribution is 2.71. The number of rotatable bonds is 4. The molecule has 4 aliphatic rings. The van der Waals surface area contributed by atoms with E-state index in [2.05, 4.69) is 50.3 Å². The molecule has 4 nitrogen and oxygen atoms in total. The molecule has 0 amide bonds. The van der Waals surface area contributed by atoms with Gasteiger partial charge in [0.1, 0.15) is 0 Å². The summed E-state index contributed by atoms with van der Waals surface area (Å²) in [6.45, 7) is 7.52. The summed E-state index contributed by atoms with van der Waals surface area (Å²) in [5.74, 6) is 0.509. The lowest BCUT2D eigenvalue weighted by molar-refractivity contribution is -0.0897. The normalized spacial score (nSPS) is 36.5. The van der Waals surface area contributed by atoms with Gasteiger partial charge in [0.2, 0.25) is 10.0 Å². The third kappa shape index (κ3) is 2.55. The van der Waals surface area contributed by atoms with Crippen molar-refractivity contribution in [2.24, 2.45) is 16.7 Å². The van der Waals surface area contributed by atoms with Gasteiger partial charge in [0, 0.05) is 23.9 Å². The standard InChI is InChI=1S/C25H35NO3S/c1-4-25(27)17-20-10-12-24(25,22(20,2)3)18-30(28,29)26-15-13-23(14-16-26)11-9-19-7-5-6-8-21(19)23/h5-9,11,20,27H,4,10,12-18H2,1-3H3/t20?,24-,25+/m0/s1. The molecule has 1 unspecified atom stereocenters. The first-order valence-corrected chi connectivity index (χ1v) is 13.2. The molecule has 5 rings (SSSR count). The molecule has 1 spiro atoms. The molecule has 0 radical (unpaired) electrons. The van der Waals surface area contributed by atoms with E-state index in [1.165, 1.54) is 11.1 Å². The first-order valence-electron chi connectivity index (χ1n) is 11.6.